The molecule has 0 aromatic heterocycles. The summed E-state index contributed by atoms with van der Waals surface area (Å²) in [5, 5.41) is 0. The van der Waals surface area contributed by atoms with Crippen molar-refractivity contribution in [1.82, 2.24) is 4.72 Å². The maximum atomic E-state index is 3.90. The molecular formula is C10H17NS. The van der Waals surface area contributed by atoms with Gasteiger partial charge in [0.2, 0.25) is 0 Å². The van der Waals surface area contributed by atoms with Crippen LogP contribution in [0.5, 0.6) is 0 Å². The largest absolute Gasteiger partial charge is 0.263 e. The first kappa shape index (κ1) is 11.5. The Hall–Kier alpha value is -0.470. The Balaban J connectivity index is 3.67. The molecule has 0 aliphatic rings. The van der Waals surface area contributed by atoms with Gasteiger partial charge in [0.15, 0.2) is 0 Å². The lowest BCUT2D eigenvalue weighted by Gasteiger charge is -1.98. The lowest BCUT2D eigenvalue weighted by molar-refractivity contribution is 1.28. The summed E-state index contributed by atoms with van der Waals surface area (Å²) in [6.07, 6.45) is 7.25. The van der Waals surface area contributed by atoms with Crippen molar-refractivity contribution in [2.45, 2.75) is 20.3 Å². The van der Waals surface area contributed by atoms with Crippen LogP contribution >= 0.6 is 11.9 Å². The van der Waals surface area contributed by atoms with Gasteiger partial charge in [0.1, 0.15) is 0 Å². The Morgan fingerprint density at radius 1 is 1.58 bits per heavy atom. The minimum atomic E-state index is 0.927. The van der Waals surface area contributed by atoms with Crippen molar-refractivity contribution < 1.29 is 0 Å². The Morgan fingerprint density at radius 2 is 2.25 bits per heavy atom. The molecule has 0 radical (unpaired) electrons. The summed E-state index contributed by atoms with van der Waals surface area (Å²) >= 11 is 1.58. The molecular weight excluding hydrogens is 166 g/mol. The van der Waals surface area contributed by atoms with Crippen LogP contribution in [0.1, 0.15) is 20.3 Å². The first-order valence-corrected chi connectivity index (χ1v) is 4.83. The average Bonchev–Trinajstić information content (AvgIpc) is 2.04. The highest BCUT2D eigenvalue weighted by molar-refractivity contribution is 8.01. The van der Waals surface area contributed by atoms with Crippen LogP contribution in [0.4, 0.5) is 0 Å². The molecule has 0 saturated carbocycles. The van der Waals surface area contributed by atoms with Crippen molar-refractivity contribution in [1.29, 1.82) is 0 Å². The zero-order chi connectivity index (χ0) is 9.40. The second-order valence-corrected chi connectivity index (χ2v) is 3.67. The van der Waals surface area contributed by atoms with Gasteiger partial charge >= 0.3 is 0 Å². The zero-order valence-electron chi connectivity index (χ0n) is 8.05. The molecule has 0 aliphatic carbocycles. The fraction of sp³-hybridized carbons (Fsp3) is 0.400. The summed E-state index contributed by atoms with van der Waals surface area (Å²) in [5.41, 5.74) is 1.29. The quantitative estimate of drug-likeness (QED) is 0.518. The first-order chi connectivity index (χ1) is 5.70. The Morgan fingerprint density at radius 3 is 2.75 bits per heavy atom. The molecule has 0 bridgehead atoms. The molecule has 0 heterocycles. The van der Waals surface area contributed by atoms with Crippen LogP contribution in [0, 0.1) is 0 Å². The molecule has 0 aromatic carbocycles. The van der Waals surface area contributed by atoms with Crippen LogP contribution in [0.15, 0.2) is 35.3 Å². The highest BCUT2D eigenvalue weighted by atomic mass is 32.2. The third-order valence-electron chi connectivity index (χ3n) is 1.43. The summed E-state index contributed by atoms with van der Waals surface area (Å²) < 4.78 is 2.99. The van der Waals surface area contributed by atoms with Crippen LogP contribution in [0.2, 0.25) is 0 Å². The monoisotopic (exact) mass is 183 g/mol. The lowest BCUT2D eigenvalue weighted by atomic mass is 10.2. The number of hydrogen-bond donors (Lipinski definition) is 1. The molecule has 0 spiro atoms. The average molecular weight is 183 g/mol. The molecule has 0 amide bonds. The molecule has 2 heteroatoms. The SMILES string of the molecule is C=C(CC=C/C(C)=C\C)SNC. The van der Waals surface area contributed by atoms with Gasteiger partial charge in [-0.05, 0) is 32.2 Å². The predicted octanol–water partition coefficient (Wildman–Crippen LogP) is 3.28. The van der Waals surface area contributed by atoms with E-state index in [1.165, 1.54) is 5.57 Å². The third-order valence-corrected chi connectivity index (χ3v) is 2.09. The van der Waals surface area contributed by atoms with E-state index in [0.29, 0.717) is 0 Å². The molecule has 0 aliphatic heterocycles. The van der Waals surface area contributed by atoms with E-state index < -0.39 is 0 Å². The number of hydrogen-bond acceptors (Lipinski definition) is 2. The molecule has 1 nitrogen and oxygen atoms in total. The smallest absolute Gasteiger partial charge is 0.00270 e. The Labute approximate surface area is 79.8 Å². The number of nitrogens with one attached hydrogen (secondary N) is 1. The van der Waals surface area contributed by atoms with Crippen LogP contribution in [-0.2, 0) is 0 Å². The van der Waals surface area contributed by atoms with Crippen LogP contribution < -0.4 is 4.72 Å². The zero-order valence-corrected chi connectivity index (χ0v) is 8.87. The molecule has 0 fully saturated rings. The minimum Gasteiger partial charge on any atom is -0.263 e. The van der Waals surface area contributed by atoms with E-state index in [9.17, 15) is 0 Å². The van der Waals surface area contributed by atoms with Crippen molar-refractivity contribution in [3.05, 3.63) is 35.3 Å². The van der Waals surface area contributed by atoms with Crippen LogP contribution in [0.3, 0.4) is 0 Å². The summed E-state index contributed by atoms with van der Waals surface area (Å²) in [6.45, 7) is 8.02. The molecule has 0 saturated heterocycles. The van der Waals surface area contributed by atoms with Gasteiger partial charge in [-0.3, -0.25) is 4.72 Å². The summed E-state index contributed by atoms with van der Waals surface area (Å²) in [7, 11) is 1.90. The standard InChI is InChI=1S/C10H17NS/c1-5-9(2)7-6-8-10(3)12-11-4/h5-7,11H,3,8H2,1-2,4H3/b7-6?,9-5-. The van der Waals surface area contributed by atoms with E-state index in [2.05, 4.69) is 36.5 Å². The summed E-state index contributed by atoms with van der Waals surface area (Å²) in [6, 6.07) is 0. The van der Waals surface area contributed by atoms with Crippen molar-refractivity contribution >= 4 is 11.9 Å². The highest BCUT2D eigenvalue weighted by Crippen LogP contribution is 2.13. The van der Waals surface area contributed by atoms with Crippen LogP contribution in [0.25, 0.3) is 0 Å². The lowest BCUT2D eigenvalue weighted by Crippen LogP contribution is -1.90. The fourth-order valence-electron chi connectivity index (χ4n) is 0.658. The van der Waals surface area contributed by atoms with Gasteiger partial charge in [-0.15, -0.1) is 0 Å². The van der Waals surface area contributed by atoms with Crippen LogP contribution in [-0.4, -0.2) is 7.05 Å². The second kappa shape index (κ2) is 7.19. The number of allylic oxidation sites excluding steroid dienone is 5. The molecule has 12 heavy (non-hydrogen) atoms. The van der Waals surface area contributed by atoms with E-state index >= 15 is 0 Å². The maximum Gasteiger partial charge on any atom is -0.00270 e. The van der Waals surface area contributed by atoms with E-state index in [4.69, 9.17) is 0 Å². The summed E-state index contributed by atoms with van der Waals surface area (Å²) in [4.78, 5) is 1.14. The first-order valence-electron chi connectivity index (χ1n) is 4.01. The fourth-order valence-corrected chi connectivity index (χ4v) is 1.13. The van der Waals surface area contributed by atoms with Crippen molar-refractivity contribution in [2.75, 3.05) is 7.05 Å². The molecule has 0 unspecified atom stereocenters. The minimum absolute atomic E-state index is 0.927. The topological polar surface area (TPSA) is 12.0 Å². The molecule has 0 rings (SSSR count). The second-order valence-electron chi connectivity index (χ2n) is 2.48. The van der Waals surface area contributed by atoms with E-state index in [-0.39, 0.29) is 0 Å². The van der Waals surface area contributed by atoms with Crippen molar-refractivity contribution in [3.63, 3.8) is 0 Å². The van der Waals surface area contributed by atoms with Gasteiger partial charge in [-0.25, -0.2) is 0 Å². The van der Waals surface area contributed by atoms with Gasteiger partial charge in [0.25, 0.3) is 0 Å². The maximum absolute atomic E-state index is 3.90. The third kappa shape index (κ3) is 6.25. The molecule has 0 atom stereocenters. The highest BCUT2D eigenvalue weighted by Gasteiger charge is 1.88. The molecule has 0 aromatic rings. The summed E-state index contributed by atoms with van der Waals surface area (Å²) in [5.74, 6) is 0. The Bertz CT molecular complexity index is 192. The predicted molar refractivity (Wildman–Crippen MR) is 59.0 cm³/mol. The van der Waals surface area contributed by atoms with E-state index in [0.717, 1.165) is 11.3 Å². The van der Waals surface area contributed by atoms with Gasteiger partial charge in [-0.2, -0.15) is 0 Å². The number of rotatable bonds is 5. The molecule has 1 N–H and O–H groups in total. The van der Waals surface area contributed by atoms with Crippen molar-refractivity contribution in [2.24, 2.45) is 0 Å². The molecule has 68 valence electrons. The van der Waals surface area contributed by atoms with Gasteiger partial charge < -0.3 is 0 Å². The van der Waals surface area contributed by atoms with Crippen molar-refractivity contribution in [3.8, 4) is 0 Å². The Kier molecular flexibility index (Phi) is 6.91. The van der Waals surface area contributed by atoms with Gasteiger partial charge in [-0.1, -0.05) is 42.3 Å². The van der Waals surface area contributed by atoms with E-state index in [1.54, 1.807) is 11.9 Å². The normalized spacial score (nSPS) is 12.4. The van der Waals surface area contributed by atoms with Gasteiger partial charge in [0.05, 0.1) is 0 Å². The van der Waals surface area contributed by atoms with E-state index in [1.807, 2.05) is 14.0 Å². The van der Waals surface area contributed by atoms with Gasteiger partial charge in [0, 0.05) is 0 Å².